The minimum atomic E-state index is 0.121. The second-order valence-corrected chi connectivity index (χ2v) is 6.67. The summed E-state index contributed by atoms with van der Waals surface area (Å²) < 4.78 is 0. The van der Waals surface area contributed by atoms with E-state index in [0.29, 0.717) is 18.3 Å². The van der Waals surface area contributed by atoms with E-state index in [2.05, 4.69) is 17.5 Å². The summed E-state index contributed by atoms with van der Waals surface area (Å²) in [5, 5.41) is 3.07. The van der Waals surface area contributed by atoms with E-state index < -0.39 is 0 Å². The van der Waals surface area contributed by atoms with Gasteiger partial charge in [0.25, 0.3) is 0 Å². The van der Waals surface area contributed by atoms with Gasteiger partial charge in [-0.1, -0.05) is 12.2 Å². The minimum absolute atomic E-state index is 0.121. The number of hydrogen-bond acceptors (Lipinski definition) is 2. The molecule has 4 rings (SSSR count). The molecule has 0 spiro atoms. The first-order valence-corrected chi connectivity index (χ1v) is 8.00. The Morgan fingerprint density at radius 3 is 2.82 bits per heavy atom. The highest BCUT2D eigenvalue weighted by molar-refractivity contribution is 5.97. The van der Waals surface area contributed by atoms with Gasteiger partial charge in [-0.3, -0.25) is 9.59 Å². The molecular formula is C18H20N2O2. The number of rotatable bonds is 2. The Bertz CT molecular complexity index is 680. The Morgan fingerprint density at radius 2 is 2.09 bits per heavy atom. The predicted octanol–water partition coefficient (Wildman–Crippen LogP) is 2.75. The first-order chi connectivity index (χ1) is 10.6. The third-order valence-corrected chi connectivity index (χ3v) is 5.31. The first kappa shape index (κ1) is 13.6. The van der Waals surface area contributed by atoms with E-state index in [1.165, 1.54) is 0 Å². The third-order valence-electron chi connectivity index (χ3n) is 5.31. The summed E-state index contributed by atoms with van der Waals surface area (Å²) in [5.74, 6) is 1.43. The Balaban J connectivity index is 1.51. The maximum Gasteiger partial charge on any atom is 0.228 e. The minimum Gasteiger partial charge on any atom is -0.326 e. The van der Waals surface area contributed by atoms with Crippen molar-refractivity contribution in [1.29, 1.82) is 0 Å². The lowest BCUT2D eigenvalue weighted by atomic mass is 9.92. The standard InChI is InChI=1S/C18H20N2O2/c1-20-16-6-5-14(10-13(16)4-7-17(20)21)19-18(22)15-9-11-2-3-12(15)8-11/h2-3,5-6,10-12,15H,4,7-9H2,1H3,(H,19,22)/t11-,12-,15+/m0/s1. The molecule has 1 N–H and O–H groups in total. The molecule has 1 aromatic carbocycles. The lowest BCUT2D eigenvalue weighted by molar-refractivity contribution is -0.120. The molecule has 0 aromatic heterocycles. The van der Waals surface area contributed by atoms with Crippen LogP contribution in [-0.2, 0) is 16.0 Å². The monoisotopic (exact) mass is 296 g/mol. The van der Waals surface area contributed by atoms with Gasteiger partial charge in [0.15, 0.2) is 0 Å². The normalized spacial score (nSPS) is 28.9. The molecule has 2 amide bonds. The molecule has 22 heavy (non-hydrogen) atoms. The van der Waals surface area contributed by atoms with E-state index in [1.807, 2.05) is 18.2 Å². The number of aryl methyl sites for hydroxylation is 1. The van der Waals surface area contributed by atoms with Gasteiger partial charge in [0, 0.05) is 30.8 Å². The molecular weight excluding hydrogens is 276 g/mol. The van der Waals surface area contributed by atoms with E-state index in [9.17, 15) is 9.59 Å². The molecule has 0 radical (unpaired) electrons. The van der Waals surface area contributed by atoms with Gasteiger partial charge >= 0.3 is 0 Å². The molecule has 3 atom stereocenters. The topological polar surface area (TPSA) is 49.4 Å². The van der Waals surface area contributed by atoms with Gasteiger partial charge in [-0.15, -0.1) is 0 Å². The van der Waals surface area contributed by atoms with Gasteiger partial charge < -0.3 is 10.2 Å². The van der Waals surface area contributed by atoms with E-state index in [0.717, 1.165) is 36.2 Å². The summed E-state index contributed by atoms with van der Waals surface area (Å²) in [6.45, 7) is 0. The number of nitrogens with one attached hydrogen (secondary N) is 1. The van der Waals surface area contributed by atoms with Crippen molar-refractivity contribution in [2.75, 3.05) is 17.3 Å². The Kier molecular flexibility index (Phi) is 3.06. The number of carbonyl (C=O) groups is 2. The van der Waals surface area contributed by atoms with Crippen molar-refractivity contribution in [2.45, 2.75) is 25.7 Å². The SMILES string of the molecule is CN1C(=O)CCc2cc(NC(=O)[C@@H]3C[C@H]4C=C[C@H]3C4)ccc21. The molecule has 1 aliphatic heterocycles. The number of nitrogens with zero attached hydrogens (tertiary/aromatic N) is 1. The van der Waals surface area contributed by atoms with Gasteiger partial charge in [0.05, 0.1) is 0 Å². The summed E-state index contributed by atoms with van der Waals surface area (Å²) >= 11 is 0. The van der Waals surface area contributed by atoms with Crippen LogP contribution in [0.25, 0.3) is 0 Å². The number of hydrogen-bond donors (Lipinski definition) is 1. The zero-order valence-electron chi connectivity index (χ0n) is 12.7. The van der Waals surface area contributed by atoms with Crippen molar-refractivity contribution in [3.05, 3.63) is 35.9 Å². The lowest BCUT2D eigenvalue weighted by Gasteiger charge is -2.26. The Labute approximate surface area is 130 Å². The van der Waals surface area contributed by atoms with E-state index in [-0.39, 0.29) is 17.7 Å². The smallest absolute Gasteiger partial charge is 0.228 e. The molecule has 0 unspecified atom stereocenters. The third kappa shape index (κ3) is 2.14. The lowest BCUT2D eigenvalue weighted by Crippen LogP contribution is -2.31. The summed E-state index contributed by atoms with van der Waals surface area (Å²) in [7, 11) is 1.81. The molecule has 0 saturated heterocycles. The summed E-state index contributed by atoms with van der Waals surface area (Å²) in [5.41, 5.74) is 2.93. The number of fused-ring (bicyclic) bond motifs is 3. The molecule has 4 heteroatoms. The average molecular weight is 296 g/mol. The Morgan fingerprint density at radius 1 is 1.23 bits per heavy atom. The number of amides is 2. The average Bonchev–Trinajstić information content (AvgIpc) is 3.14. The quantitative estimate of drug-likeness (QED) is 0.853. The molecule has 114 valence electrons. The highest BCUT2D eigenvalue weighted by Crippen LogP contribution is 2.43. The highest BCUT2D eigenvalue weighted by atomic mass is 16.2. The van der Waals surface area contributed by atoms with Gasteiger partial charge in [0.2, 0.25) is 11.8 Å². The number of anilines is 2. The number of allylic oxidation sites excluding steroid dienone is 2. The largest absolute Gasteiger partial charge is 0.326 e. The first-order valence-electron chi connectivity index (χ1n) is 8.00. The van der Waals surface area contributed by atoms with Crippen LogP contribution in [0.2, 0.25) is 0 Å². The zero-order chi connectivity index (χ0) is 15.3. The van der Waals surface area contributed by atoms with Crippen LogP contribution < -0.4 is 10.2 Å². The van der Waals surface area contributed by atoms with E-state index in [1.54, 1.807) is 11.9 Å². The Hall–Kier alpha value is -2.10. The van der Waals surface area contributed by atoms with Crippen LogP contribution in [0.3, 0.4) is 0 Å². The molecule has 2 bridgehead atoms. The van der Waals surface area contributed by atoms with Gasteiger partial charge in [-0.2, -0.15) is 0 Å². The van der Waals surface area contributed by atoms with Crippen LogP contribution >= 0.6 is 0 Å². The zero-order valence-corrected chi connectivity index (χ0v) is 12.7. The highest BCUT2D eigenvalue weighted by Gasteiger charge is 2.39. The summed E-state index contributed by atoms with van der Waals surface area (Å²) in [6.07, 6.45) is 7.85. The van der Waals surface area contributed by atoms with Crippen molar-refractivity contribution in [3.8, 4) is 0 Å². The molecule has 1 aromatic rings. The van der Waals surface area contributed by atoms with Crippen molar-refractivity contribution >= 4 is 23.2 Å². The van der Waals surface area contributed by atoms with Crippen LogP contribution in [0.1, 0.15) is 24.8 Å². The van der Waals surface area contributed by atoms with Gasteiger partial charge in [0.1, 0.15) is 0 Å². The van der Waals surface area contributed by atoms with Crippen LogP contribution in [0.15, 0.2) is 30.4 Å². The van der Waals surface area contributed by atoms with Crippen molar-refractivity contribution in [3.63, 3.8) is 0 Å². The number of carbonyl (C=O) groups excluding carboxylic acids is 2. The van der Waals surface area contributed by atoms with Gasteiger partial charge in [-0.25, -0.2) is 0 Å². The van der Waals surface area contributed by atoms with E-state index in [4.69, 9.17) is 0 Å². The second kappa shape index (κ2) is 4.97. The van der Waals surface area contributed by atoms with Gasteiger partial charge in [-0.05, 0) is 54.9 Å². The van der Waals surface area contributed by atoms with Crippen molar-refractivity contribution in [2.24, 2.45) is 17.8 Å². The predicted molar refractivity (Wildman–Crippen MR) is 85.6 cm³/mol. The summed E-state index contributed by atoms with van der Waals surface area (Å²) in [6, 6.07) is 5.84. The fourth-order valence-corrected chi connectivity index (χ4v) is 4.05. The maximum absolute atomic E-state index is 12.5. The van der Waals surface area contributed by atoms with Crippen molar-refractivity contribution < 1.29 is 9.59 Å². The molecule has 4 nitrogen and oxygen atoms in total. The van der Waals surface area contributed by atoms with Crippen LogP contribution in [0.5, 0.6) is 0 Å². The van der Waals surface area contributed by atoms with Crippen LogP contribution in [0.4, 0.5) is 11.4 Å². The maximum atomic E-state index is 12.5. The molecule has 2 aliphatic carbocycles. The van der Waals surface area contributed by atoms with Crippen LogP contribution in [-0.4, -0.2) is 18.9 Å². The van der Waals surface area contributed by atoms with Crippen LogP contribution in [0, 0.1) is 17.8 Å². The summed E-state index contributed by atoms with van der Waals surface area (Å²) in [4.78, 5) is 25.9. The van der Waals surface area contributed by atoms with Crippen molar-refractivity contribution in [1.82, 2.24) is 0 Å². The fraction of sp³-hybridized carbons (Fsp3) is 0.444. The molecule has 1 saturated carbocycles. The molecule has 3 aliphatic rings. The number of benzene rings is 1. The molecule has 1 fully saturated rings. The van der Waals surface area contributed by atoms with E-state index >= 15 is 0 Å². The second-order valence-electron chi connectivity index (χ2n) is 6.67. The fourth-order valence-electron chi connectivity index (χ4n) is 4.05. The molecule has 1 heterocycles.